The number of benzene rings is 2. The van der Waals surface area contributed by atoms with E-state index in [1.807, 2.05) is 30.3 Å². The van der Waals surface area contributed by atoms with Crippen LogP contribution in [-0.4, -0.2) is 41.7 Å². The highest BCUT2D eigenvalue weighted by Crippen LogP contribution is 2.21. The summed E-state index contributed by atoms with van der Waals surface area (Å²) in [7, 11) is 2.70. The molecule has 1 heterocycles. The second kappa shape index (κ2) is 7.23. The molecular formula is C20H18N2O4. The number of rotatable bonds is 4. The predicted octanol–water partition coefficient (Wildman–Crippen LogP) is 2.70. The lowest BCUT2D eigenvalue weighted by atomic mass is 10.1. The number of ether oxygens (including phenoxy) is 1. The molecule has 0 radical (unpaired) electrons. The van der Waals surface area contributed by atoms with Crippen LogP contribution in [0.2, 0.25) is 0 Å². The first-order valence-corrected chi connectivity index (χ1v) is 8.06. The van der Waals surface area contributed by atoms with Crippen LogP contribution in [0.1, 0.15) is 11.1 Å². The van der Waals surface area contributed by atoms with E-state index >= 15 is 0 Å². The van der Waals surface area contributed by atoms with Crippen molar-refractivity contribution in [2.75, 3.05) is 14.1 Å². The first kappa shape index (κ1) is 17.4. The Hall–Kier alpha value is -3.41. The topological polar surface area (TPSA) is 66.9 Å². The quantitative estimate of drug-likeness (QED) is 0.628. The van der Waals surface area contributed by atoms with Gasteiger partial charge in [0.05, 0.1) is 0 Å². The average Bonchev–Trinajstić information content (AvgIpc) is 2.68. The molecule has 1 fully saturated rings. The third-order valence-electron chi connectivity index (χ3n) is 4.06. The first-order valence-electron chi connectivity index (χ1n) is 8.06. The van der Waals surface area contributed by atoms with Crippen LogP contribution in [0, 0.1) is 0 Å². The van der Waals surface area contributed by atoms with E-state index in [1.165, 1.54) is 20.2 Å². The fraction of sp³-hybridized carbons (Fsp3) is 0.150. The van der Waals surface area contributed by atoms with E-state index in [4.69, 9.17) is 4.74 Å². The van der Waals surface area contributed by atoms with E-state index in [-0.39, 0.29) is 5.57 Å². The van der Waals surface area contributed by atoms with Crippen molar-refractivity contribution in [3.8, 4) is 5.75 Å². The maximum absolute atomic E-state index is 12.2. The van der Waals surface area contributed by atoms with E-state index in [1.54, 1.807) is 24.3 Å². The molecule has 2 aromatic rings. The van der Waals surface area contributed by atoms with Gasteiger partial charge in [0.2, 0.25) is 0 Å². The molecule has 0 unspecified atom stereocenters. The summed E-state index contributed by atoms with van der Waals surface area (Å²) in [6.07, 6.45) is 1.47. The number of hydrogen-bond acceptors (Lipinski definition) is 4. The minimum atomic E-state index is -0.642. The minimum absolute atomic E-state index is 0.0604. The van der Waals surface area contributed by atoms with Crippen molar-refractivity contribution in [1.29, 1.82) is 0 Å². The Morgan fingerprint density at radius 3 is 2.19 bits per heavy atom. The third-order valence-corrected chi connectivity index (χ3v) is 4.06. The van der Waals surface area contributed by atoms with Gasteiger partial charge >= 0.3 is 6.03 Å². The van der Waals surface area contributed by atoms with Crippen molar-refractivity contribution in [3.05, 3.63) is 71.3 Å². The van der Waals surface area contributed by atoms with Gasteiger partial charge in [-0.3, -0.25) is 19.4 Å². The molecule has 2 aromatic carbocycles. The van der Waals surface area contributed by atoms with Crippen LogP contribution in [0.15, 0.2) is 60.2 Å². The number of carbonyl (C=O) groups is 3. The average molecular weight is 350 g/mol. The molecule has 0 bridgehead atoms. The van der Waals surface area contributed by atoms with Crippen molar-refractivity contribution >= 4 is 23.9 Å². The predicted molar refractivity (Wildman–Crippen MR) is 96.1 cm³/mol. The number of likely N-dealkylation sites (N-methyl/N-ethyl adjacent to an activating group) is 2. The molecule has 0 spiro atoms. The number of imide groups is 2. The van der Waals surface area contributed by atoms with Crippen LogP contribution in [0.4, 0.5) is 4.79 Å². The fourth-order valence-electron chi connectivity index (χ4n) is 2.58. The molecule has 0 saturated carbocycles. The van der Waals surface area contributed by atoms with E-state index in [0.29, 0.717) is 17.9 Å². The molecule has 0 N–H and O–H groups in total. The zero-order valence-electron chi connectivity index (χ0n) is 14.5. The highest BCUT2D eigenvalue weighted by atomic mass is 16.5. The van der Waals surface area contributed by atoms with E-state index in [0.717, 1.165) is 15.4 Å². The van der Waals surface area contributed by atoms with Crippen molar-refractivity contribution in [1.82, 2.24) is 9.80 Å². The summed E-state index contributed by atoms with van der Waals surface area (Å²) < 4.78 is 5.76. The summed E-state index contributed by atoms with van der Waals surface area (Å²) in [6, 6.07) is 16.2. The normalized spacial score (nSPS) is 14.7. The molecule has 6 heteroatoms. The number of carbonyl (C=O) groups excluding carboxylic acids is 3. The van der Waals surface area contributed by atoms with Gasteiger partial charge in [0, 0.05) is 14.1 Å². The molecule has 0 atom stereocenters. The molecule has 1 aliphatic heterocycles. The molecule has 4 amide bonds. The van der Waals surface area contributed by atoms with Gasteiger partial charge in [-0.05, 0) is 29.3 Å². The maximum Gasteiger partial charge on any atom is 0.333 e. The van der Waals surface area contributed by atoms with Crippen LogP contribution in [0.5, 0.6) is 5.75 Å². The Kier molecular flexibility index (Phi) is 4.84. The summed E-state index contributed by atoms with van der Waals surface area (Å²) >= 11 is 0. The van der Waals surface area contributed by atoms with E-state index < -0.39 is 17.8 Å². The zero-order valence-corrected chi connectivity index (χ0v) is 14.5. The van der Waals surface area contributed by atoms with Gasteiger partial charge < -0.3 is 4.74 Å². The van der Waals surface area contributed by atoms with E-state index in [2.05, 4.69) is 0 Å². The molecule has 0 aromatic heterocycles. The van der Waals surface area contributed by atoms with Gasteiger partial charge in [-0.15, -0.1) is 0 Å². The highest BCUT2D eigenvalue weighted by Gasteiger charge is 2.37. The van der Waals surface area contributed by atoms with Gasteiger partial charge in [0.25, 0.3) is 11.8 Å². The fourth-order valence-corrected chi connectivity index (χ4v) is 2.58. The molecule has 26 heavy (non-hydrogen) atoms. The standard InChI is InChI=1S/C20H18N2O4/c1-21-18(23)17(19(24)22(2)20(21)25)12-15-9-6-10-16(11-15)26-13-14-7-4-3-5-8-14/h3-12H,13H2,1-2H3. The number of barbiturate groups is 1. The molecular weight excluding hydrogens is 332 g/mol. The van der Waals surface area contributed by atoms with Crippen LogP contribution < -0.4 is 4.74 Å². The molecule has 1 aliphatic rings. The minimum Gasteiger partial charge on any atom is -0.489 e. The van der Waals surface area contributed by atoms with Crippen molar-refractivity contribution in [3.63, 3.8) is 0 Å². The smallest absolute Gasteiger partial charge is 0.333 e. The number of urea groups is 1. The summed E-state index contributed by atoms with van der Waals surface area (Å²) in [6.45, 7) is 0.415. The summed E-state index contributed by atoms with van der Waals surface area (Å²) in [5, 5.41) is 0. The summed E-state index contributed by atoms with van der Waals surface area (Å²) in [4.78, 5) is 38.1. The van der Waals surface area contributed by atoms with Crippen LogP contribution in [-0.2, 0) is 16.2 Å². The lowest BCUT2D eigenvalue weighted by Gasteiger charge is -2.28. The molecule has 3 rings (SSSR count). The van der Waals surface area contributed by atoms with Crippen LogP contribution in [0.3, 0.4) is 0 Å². The van der Waals surface area contributed by atoms with Crippen molar-refractivity contribution < 1.29 is 19.1 Å². The maximum atomic E-state index is 12.2. The van der Waals surface area contributed by atoms with Gasteiger partial charge in [-0.1, -0.05) is 42.5 Å². The number of hydrogen-bond donors (Lipinski definition) is 0. The molecule has 132 valence electrons. The van der Waals surface area contributed by atoms with Crippen LogP contribution >= 0.6 is 0 Å². The van der Waals surface area contributed by atoms with Crippen molar-refractivity contribution in [2.24, 2.45) is 0 Å². The zero-order chi connectivity index (χ0) is 18.7. The molecule has 0 aliphatic carbocycles. The number of nitrogens with zero attached hydrogens (tertiary/aromatic N) is 2. The van der Waals surface area contributed by atoms with Gasteiger partial charge in [0.15, 0.2) is 0 Å². The Bertz CT molecular complexity index is 864. The lowest BCUT2D eigenvalue weighted by Crippen LogP contribution is -2.52. The largest absolute Gasteiger partial charge is 0.489 e. The Labute approximate surface area is 151 Å². The number of amides is 4. The van der Waals surface area contributed by atoms with Crippen LogP contribution in [0.25, 0.3) is 6.08 Å². The van der Waals surface area contributed by atoms with Crippen molar-refractivity contribution in [2.45, 2.75) is 6.61 Å². The second-order valence-corrected chi connectivity index (χ2v) is 5.92. The van der Waals surface area contributed by atoms with E-state index in [9.17, 15) is 14.4 Å². The Morgan fingerprint density at radius 2 is 1.54 bits per heavy atom. The highest BCUT2D eigenvalue weighted by molar-refractivity contribution is 6.30. The molecule has 6 nitrogen and oxygen atoms in total. The SMILES string of the molecule is CN1C(=O)C(=Cc2cccc(OCc3ccccc3)c2)C(=O)N(C)C1=O. The van der Waals surface area contributed by atoms with Gasteiger partial charge in [0.1, 0.15) is 17.9 Å². The Morgan fingerprint density at radius 1 is 0.885 bits per heavy atom. The molecule has 1 saturated heterocycles. The lowest BCUT2D eigenvalue weighted by molar-refractivity contribution is -0.134. The second-order valence-electron chi connectivity index (χ2n) is 5.92. The third kappa shape index (κ3) is 3.49. The Balaban J connectivity index is 1.81. The first-order chi connectivity index (χ1) is 12.5. The monoisotopic (exact) mass is 350 g/mol. The van der Waals surface area contributed by atoms with Gasteiger partial charge in [-0.25, -0.2) is 4.79 Å². The van der Waals surface area contributed by atoms with Gasteiger partial charge in [-0.2, -0.15) is 0 Å². The summed E-state index contributed by atoms with van der Waals surface area (Å²) in [5.41, 5.74) is 1.62. The summed E-state index contributed by atoms with van der Waals surface area (Å²) in [5.74, 6) is -0.612.